The molecular formula is C16H12ClFO2. The van der Waals surface area contributed by atoms with Gasteiger partial charge in [-0.25, -0.2) is 4.39 Å². The van der Waals surface area contributed by atoms with Crippen molar-refractivity contribution in [3.8, 4) is 5.75 Å². The minimum Gasteiger partial charge on any atom is -0.493 e. The van der Waals surface area contributed by atoms with Crippen LogP contribution in [0.1, 0.15) is 26.9 Å². The molecule has 0 spiro atoms. The molecule has 0 aromatic heterocycles. The number of benzene rings is 2. The van der Waals surface area contributed by atoms with Gasteiger partial charge in [0.25, 0.3) is 0 Å². The fraction of sp³-hybridized carbons (Fsp3) is 0.188. The Hall–Kier alpha value is -1.87. The second-order valence-electron chi connectivity index (χ2n) is 4.70. The maximum atomic E-state index is 12.9. The average molecular weight is 291 g/mol. The SMILES string of the molecule is O=C(c1ccc2c(c1)CCO2)C(Cl)c1ccc(F)cc1. The fourth-order valence-electron chi connectivity index (χ4n) is 2.27. The minimum atomic E-state index is -0.809. The molecule has 2 aromatic rings. The van der Waals surface area contributed by atoms with Crippen molar-refractivity contribution in [3.05, 3.63) is 65.0 Å². The molecule has 2 aromatic carbocycles. The Morgan fingerprint density at radius 2 is 1.95 bits per heavy atom. The van der Waals surface area contributed by atoms with E-state index in [2.05, 4.69) is 0 Å². The monoisotopic (exact) mass is 290 g/mol. The van der Waals surface area contributed by atoms with E-state index in [4.69, 9.17) is 16.3 Å². The Bertz CT molecular complexity index is 652. The topological polar surface area (TPSA) is 26.3 Å². The van der Waals surface area contributed by atoms with Crippen LogP contribution in [0.15, 0.2) is 42.5 Å². The third-order valence-electron chi connectivity index (χ3n) is 3.37. The summed E-state index contributed by atoms with van der Waals surface area (Å²) in [4.78, 5) is 12.4. The quantitative estimate of drug-likeness (QED) is 0.632. The molecule has 0 saturated heterocycles. The summed E-state index contributed by atoms with van der Waals surface area (Å²) in [6.07, 6.45) is 0.806. The highest BCUT2D eigenvalue weighted by atomic mass is 35.5. The van der Waals surface area contributed by atoms with Crippen molar-refractivity contribution in [1.29, 1.82) is 0 Å². The zero-order chi connectivity index (χ0) is 14.1. The lowest BCUT2D eigenvalue weighted by Gasteiger charge is -2.10. The average Bonchev–Trinajstić information content (AvgIpc) is 2.94. The molecule has 0 fully saturated rings. The summed E-state index contributed by atoms with van der Waals surface area (Å²) >= 11 is 6.19. The Kier molecular flexibility index (Phi) is 3.45. The molecule has 0 saturated carbocycles. The molecule has 1 aliphatic heterocycles. The number of carbonyl (C=O) groups is 1. The van der Waals surface area contributed by atoms with Crippen LogP contribution in [-0.2, 0) is 6.42 Å². The third-order valence-corrected chi connectivity index (χ3v) is 3.82. The molecular weight excluding hydrogens is 279 g/mol. The number of fused-ring (bicyclic) bond motifs is 1. The van der Waals surface area contributed by atoms with Gasteiger partial charge in [0.1, 0.15) is 16.9 Å². The smallest absolute Gasteiger partial charge is 0.185 e. The van der Waals surface area contributed by atoms with Gasteiger partial charge in [0.05, 0.1) is 6.61 Å². The maximum Gasteiger partial charge on any atom is 0.185 e. The summed E-state index contributed by atoms with van der Waals surface area (Å²) in [6.45, 7) is 0.648. The highest BCUT2D eigenvalue weighted by Gasteiger charge is 2.21. The molecule has 1 unspecified atom stereocenters. The van der Waals surface area contributed by atoms with Crippen LogP contribution in [0.4, 0.5) is 4.39 Å². The first-order valence-corrected chi connectivity index (χ1v) is 6.78. The highest BCUT2D eigenvalue weighted by Crippen LogP contribution is 2.30. The van der Waals surface area contributed by atoms with E-state index in [1.807, 2.05) is 6.07 Å². The van der Waals surface area contributed by atoms with Crippen molar-refractivity contribution < 1.29 is 13.9 Å². The first-order valence-electron chi connectivity index (χ1n) is 6.34. The first kappa shape index (κ1) is 13.1. The number of alkyl halides is 1. The first-order chi connectivity index (χ1) is 9.65. The molecule has 0 N–H and O–H groups in total. The minimum absolute atomic E-state index is 0.187. The number of hydrogen-bond donors (Lipinski definition) is 0. The predicted molar refractivity (Wildman–Crippen MR) is 75.0 cm³/mol. The summed E-state index contributed by atoms with van der Waals surface area (Å²) in [7, 11) is 0. The van der Waals surface area contributed by atoms with E-state index in [-0.39, 0.29) is 11.6 Å². The van der Waals surface area contributed by atoms with Gasteiger partial charge in [-0.1, -0.05) is 12.1 Å². The number of rotatable bonds is 3. The van der Waals surface area contributed by atoms with E-state index in [1.165, 1.54) is 24.3 Å². The Balaban J connectivity index is 1.86. The van der Waals surface area contributed by atoms with Gasteiger partial charge in [0, 0.05) is 12.0 Å². The van der Waals surface area contributed by atoms with E-state index < -0.39 is 5.38 Å². The Morgan fingerprint density at radius 3 is 2.70 bits per heavy atom. The van der Waals surface area contributed by atoms with Crippen LogP contribution in [0.5, 0.6) is 5.75 Å². The van der Waals surface area contributed by atoms with E-state index in [1.54, 1.807) is 12.1 Å². The van der Waals surface area contributed by atoms with E-state index >= 15 is 0 Å². The van der Waals surface area contributed by atoms with Gasteiger partial charge in [-0.15, -0.1) is 11.6 Å². The summed E-state index contributed by atoms with van der Waals surface area (Å²) in [6, 6.07) is 11.0. The van der Waals surface area contributed by atoms with E-state index in [0.29, 0.717) is 17.7 Å². The van der Waals surface area contributed by atoms with Gasteiger partial charge in [0.2, 0.25) is 0 Å². The lowest BCUT2D eigenvalue weighted by atomic mass is 10.00. The molecule has 1 atom stereocenters. The fourth-order valence-corrected chi connectivity index (χ4v) is 2.54. The van der Waals surface area contributed by atoms with Crippen molar-refractivity contribution >= 4 is 17.4 Å². The van der Waals surface area contributed by atoms with Gasteiger partial charge in [-0.3, -0.25) is 4.79 Å². The van der Waals surface area contributed by atoms with E-state index in [9.17, 15) is 9.18 Å². The number of ether oxygens (including phenoxy) is 1. The van der Waals surface area contributed by atoms with Crippen LogP contribution in [0.25, 0.3) is 0 Å². The van der Waals surface area contributed by atoms with E-state index in [0.717, 1.165) is 17.7 Å². The van der Waals surface area contributed by atoms with Crippen LogP contribution < -0.4 is 4.74 Å². The van der Waals surface area contributed by atoms with Crippen LogP contribution in [0.2, 0.25) is 0 Å². The molecule has 0 bridgehead atoms. The number of ketones is 1. The maximum absolute atomic E-state index is 12.9. The summed E-state index contributed by atoms with van der Waals surface area (Å²) in [5.41, 5.74) is 2.17. The number of halogens is 2. The summed E-state index contributed by atoms with van der Waals surface area (Å²) in [5, 5.41) is -0.809. The van der Waals surface area contributed by atoms with Gasteiger partial charge < -0.3 is 4.74 Å². The number of carbonyl (C=O) groups excluding carboxylic acids is 1. The second kappa shape index (κ2) is 5.25. The van der Waals surface area contributed by atoms with Gasteiger partial charge in [-0.2, -0.15) is 0 Å². The lowest BCUT2D eigenvalue weighted by molar-refractivity contribution is 0.0987. The third kappa shape index (κ3) is 2.41. The van der Waals surface area contributed by atoms with Crippen molar-refractivity contribution in [2.24, 2.45) is 0 Å². The summed E-state index contributed by atoms with van der Waals surface area (Å²) < 4.78 is 18.3. The molecule has 1 heterocycles. The molecule has 3 rings (SSSR count). The molecule has 102 valence electrons. The zero-order valence-corrected chi connectivity index (χ0v) is 11.4. The molecule has 4 heteroatoms. The standard InChI is InChI=1S/C16H12ClFO2/c17-15(10-1-4-13(18)5-2-10)16(19)12-3-6-14-11(9-12)7-8-20-14/h1-6,9,15H,7-8H2. The molecule has 20 heavy (non-hydrogen) atoms. The molecule has 2 nitrogen and oxygen atoms in total. The Morgan fingerprint density at radius 1 is 1.20 bits per heavy atom. The van der Waals surface area contributed by atoms with Crippen LogP contribution in [-0.4, -0.2) is 12.4 Å². The second-order valence-corrected chi connectivity index (χ2v) is 5.14. The zero-order valence-electron chi connectivity index (χ0n) is 10.6. The Labute approximate surface area is 121 Å². The molecule has 0 radical (unpaired) electrons. The van der Waals surface area contributed by atoms with Crippen molar-refractivity contribution in [3.63, 3.8) is 0 Å². The van der Waals surface area contributed by atoms with Gasteiger partial charge in [0.15, 0.2) is 5.78 Å². The van der Waals surface area contributed by atoms with Crippen molar-refractivity contribution in [2.75, 3.05) is 6.61 Å². The molecule has 0 amide bonds. The van der Waals surface area contributed by atoms with Gasteiger partial charge in [-0.05, 0) is 41.5 Å². The van der Waals surface area contributed by atoms with Crippen LogP contribution in [0.3, 0.4) is 0 Å². The number of Topliss-reactive ketones (excluding diaryl/α,β-unsaturated/α-hetero) is 1. The molecule has 0 aliphatic carbocycles. The highest BCUT2D eigenvalue weighted by molar-refractivity contribution is 6.33. The largest absolute Gasteiger partial charge is 0.493 e. The van der Waals surface area contributed by atoms with Crippen molar-refractivity contribution in [1.82, 2.24) is 0 Å². The lowest BCUT2D eigenvalue weighted by Crippen LogP contribution is -2.07. The summed E-state index contributed by atoms with van der Waals surface area (Å²) in [5.74, 6) is 0.294. The van der Waals surface area contributed by atoms with Crippen LogP contribution in [0, 0.1) is 5.82 Å². The van der Waals surface area contributed by atoms with Gasteiger partial charge >= 0.3 is 0 Å². The van der Waals surface area contributed by atoms with Crippen molar-refractivity contribution in [2.45, 2.75) is 11.8 Å². The predicted octanol–water partition coefficient (Wildman–Crippen LogP) is 3.92. The number of hydrogen-bond acceptors (Lipinski definition) is 2. The normalized spacial score (nSPS) is 14.5. The molecule has 1 aliphatic rings. The van der Waals surface area contributed by atoms with Crippen LogP contribution >= 0.6 is 11.6 Å².